The Hall–Kier alpha value is -2.12. The van der Waals surface area contributed by atoms with Crippen molar-refractivity contribution in [2.24, 2.45) is 5.92 Å². The maximum Gasteiger partial charge on any atom is 0.408 e. The van der Waals surface area contributed by atoms with E-state index in [1.54, 1.807) is 12.1 Å². The number of aromatic nitrogens is 1. The van der Waals surface area contributed by atoms with Gasteiger partial charge in [-0.3, -0.25) is 9.59 Å². The Balaban J connectivity index is 2.05. The summed E-state index contributed by atoms with van der Waals surface area (Å²) in [5.74, 6) is -1.32. The average Bonchev–Trinajstić information content (AvgIpc) is 2.70. The number of rotatable bonds is 3. The van der Waals surface area contributed by atoms with Gasteiger partial charge >= 0.3 is 6.18 Å². The molecule has 2 rings (SSSR count). The van der Waals surface area contributed by atoms with Crippen LogP contribution in [0.15, 0.2) is 18.3 Å². The van der Waals surface area contributed by atoms with Gasteiger partial charge < -0.3 is 10.6 Å². The number of alkyl halides is 3. The summed E-state index contributed by atoms with van der Waals surface area (Å²) < 4.78 is 37.7. The molecular formula is C13H14F3N3O2. The highest BCUT2D eigenvalue weighted by atomic mass is 19.4. The highest BCUT2D eigenvalue weighted by molar-refractivity contribution is 5.87. The van der Waals surface area contributed by atoms with Gasteiger partial charge in [0.1, 0.15) is 11.9 Å². The maximum absolute atomic E-state index is 12.6. The van der Waals surface area contributed by atoms with Crippen LogP contribution in [0.4, 0.5) is 19.0 Å². The van der Waals surface area contributed by atoms with Crippen LogP contribution in [0, 0.1) is 5.92 Å². The van der Waals surface area contributed by atoms with Crippen LogP contribution in [0.3, 0.4) is 0 Å². The molecule has 1 saturated heterocycles. The third-order valence-corrected chi connectivity index (χ3v) is 3.21. The number of hydrogen-bond acceptors (Lipinski definition) is 3. The molecule has 2 atom stereocenters. The molecule has 1 fully saturated rings. The smallest absolute Gasteiger partial charge is 0.344 e. The molecule has 0 spiro atoms. The summed E-state index contributed by atoms with van der Waals surface area (Å²) in [6.45, 7) is 1.33. The van der Waals surface area contributed by atoms with E-state index in [0.29, 0.717) is 11.4 Å². The highest BCUT2D eigenvalue weighted by Gasteiger charge is 2.47. The van der Waals surface area contributed by atoms with Gasteiger partial charge in [0.15, 0.2) is 0 Å². The van der Waals surface area contributed by atoms with Gasteiger partial charge in [-0.2, -0.15) is 13.2 Å². The van der Waals surface area contributed by atoms with E-state index >= 15 is 0 Å². The fraction of sp³-hybridized carbons (Fsp3) is 0.462. The zero-order valence-corrected chi connectivity index (χ0v) is 11.2. The number of amides is 2. The van der Waals surface area contributed by atoms with Crippen LogP contribution in [0.2, 0.25) is 0 Å². The number of halogens is 3. The van der Waals surface area contributed by atoms with Gasteiger partial charge in [0, 0.05) is 19.0 Å². The second-order valence-electron chi connectivity index (χ2n) is 4.97. The van der Waals surface area contributed by atoms with Gasteiger partial charge in [0.05, 0.1) is 0 Å². The van der Waals surface area contributed by atoms with E-state index in [9.17, 15) is 22.8 Å². The Labute approximate surface area is 118 Å². The van der Waals surface area contributed by atoms with Crippen LogP contribution in [0.1, 0.15) is 18.9 Å². The Morgan fingerprint density at radius 3 is 2.81 bits per heavy atom. The molecule has 114 valence electrons. The van der Waals surface area contributed by atoms with Gasteiger partial charge in [-0.05, 0) is 30.5 Å². The number of carbonyl (C=O) groups excluding carboxylic acids is 2. The standard InChI is InChI=1S/C13H14F3N3O2/c1-7(20)18-11-5-8(2-3-17-11)4-9-6-10(13(14,15)16)19-12(9)21/h2-3,5,9-10H,4,6H2,1H3,(H,19,21)(H,17,18,20)/t9-,10-/m0/s1. The lowest BCUT2D eigenvalue weighted by Gasteiger charge is -2.13. The summed E-state index contributed by atoms with van der Waals surface area (Å²) >= 11 is 0. The van der Waals surface area contributed by atoms with Crippen LogP contribution in [-0.2, 0) is 16.0 Å². The van der Waals surface area contributed by atoms with Crippen molar-refractivity contribution in [3.8, 4) is 0 Å². The third kappa shape index (κ3) is 3.93. The van der Waals surface area contributed by atoms with E-state index in [-0.39, 0.29) is 18.7 Å². The number of carbonyl (C=O) groups is 2. The predicted molar refractivity (Wildman–Crippen MR) is 68.3 cm³/mol. The number of nitrogens with one attached hydrogen (secondary N) is 2. The molecule has 0 aliphatic carbocycles. The zero-order chi connectivity index (χ0) is 15.6. The molecule has 0 saturated carbocycles. The number of pyridine rings is 1. The molecule has 2 amide bonds. The molecule has 1 aromatic heterocycles. The number of nitrogens with zero attached hydrogens (tertiary/aromatic N) is 1. The minimum Gasteiger partial charge on any atom is -0.344 e. The molecule has 2 N–H and O–H groups in total. The van der Waals surface area contributed by atoms with E-state index < -0.39 is 24.0 Å². The topological polar surface area (TPSA) is 71.1 Å². The Kier molecular flexibility index (Phi) is 4.15. The predicted octanol–water partition coefficient (Wildman–Crippen LogP) is 1.65. The molecule has 0 radical (unpaired) electrons. The first-order chi connectivity index (χ1) is 9.75. The average molecular weight is 301 g/mol. The molecule has 0 unspecified atom stereocenters. The lowest BCUT2D eigenvalue weighted by molar-refractivity contribution is -0.154. The van der Waals surface area contributed by atoms with Gasteiger partial charge in [-0.15, -0.1) is 0 Å². The Morgan fingerprint density at radius 2 is 2.24 bits per heavy atom. The van der Waals surface area contributed by atoms with Crippen molar-refractivity contribution >= 4 is 17.6 Å². The second kappa shape index (κ2) is 5.71. The summed E-state index contributed by atoms with van der Waals surface area (Å²) in [7, 11) is 0. The third-order valence-electron chi connectivity index (χ3n) is 3.21. The van der Waals surface area contributed by atoms with Gasteiger partial charge in [0.2, 0.25) is 11.8 Å². The normalized spacial score (nSPS) is 22.0. The lowest BCUT2D eigenvalue weighted by atomic mass is 9.96. The van der Waals surface area contributed by atoms with Crippen LogP contribution in [0.5, 0.6) is 0 Å². The number of anilines is 1. The summed E-state index contributed by atoms with van der Waals surface area (Å²) in [6.07, 6.45) is -3.09. The first kappa shape index (κ1) is 15.3. The molecule has 1 aliphatic rings. The Bertz CT molecular complexity index is 560. The molecule has 8 heteroatoms. The quantitative estimate of drug-likeness (QED) is 0.892. The fourth-order valence-electron chi connectivity index (χ4n) is 2.27. The zero-order valence-electron chi connectivity index (χ0n) is 11.2. The lowest BCUT2D eigenvalue weighted by Crippen LogP contribution is -2.38. The minimum absolute atomic E-state index is 0.174. The first-order valence-electron chi connectivity index (χ1n) is 6.35. The van der Waals surface area contributed by atoms with Crippen molar-refractivity contribution in [3.63, 3.8) is 0 Å². The SMILES string of the molecule is CC(=O)Nc1cc(C[C@H]2C[C@@H](C(F)(F)F)NC2=O)ccn1. The molecule has 0 aromatic carbocycles. The Morgan fingerprint density at radius 1 is 1.52 bits per heavy atom. The van der Waals surface area contributed by atoms with Crippen molar-refractivity contribution in [3.05, 3.63) is 23.9 Å². The van der Waals surface area contributed by atoms with E-state index in [2.05, 4.69) is 10.3 Å². The van der Waals surface area contributed by atoms with Crippen LogP contribution >= 0.6 is 0 Å². The van der Waals surface area contributed by atoms with E-state index in [0.717, 1.165) is 0 Å². The monoisotopic (exact) mass is 301 g/mol. The van der Waals surface area contributed by atoms with Crippen molar-refractivity contribution in [1.29, 1.82) is 0 Å². The molecule has 1 aliphatic heterocycles. The fourth-order valence-corrected chi connectivity index (χ4v) is 2.27. The molecule has 1 aromatic rings. The summed E-state index contributed by atoms with van der Waals surface area (Å²) in [5.41, 5.74) is 0.650. The van der Waals surface area contributed by atoms with Crippen LogP contribution in [-0.4, -0.2) is 29.0 Å². The largest absolute Gasteiger partial charge is 0.408 e. The second-order valence-corrected chi connectivity index (χ2v) is 4.97. The molecule has 21 heavy (non-hydrogen) atoms. The molecule has 5 nitrogen and oxygen atoms in total. The van der Waals surface area contributed by atoms with E-state index in [1.165, 1.54) is 13.1 Å². The van der Waals surface area contributed by atoms with E-state index in [4.69, 9.17) is 0 Å². The molecule has 0 bridgehead atoms. The van der Waals surface area contributed by atoms with Crippen molar-refractivity contribution in [2.45, 2.75) is 32.0 Å². The summed E-state index contributed by atoms with van der Waals surface area (Å²) in [5, 5.41) is 4.45. The van der Waals surface area contributed by atoms with E-state index in [1.807, 2.05) is 5.32 Å². The van der Waals surface area contributed by atoms with Crippen molar-refractivity contribution < 1.29 is 22.8 Å². The van der Waals surface area contributed by atoms with Crippen LogP contribution in [0.25, 0.3) is 0 Å². The first-order valence-corrected chi connectivity index (χ1v) is 6.35. The summed E-state index contributed by atoms with van der Waals surface area (Å²) in [6, 6.07) is 1.38. The number of hydrogen-bond donors (Lipinski definition) is 2. The van der Waals surface area contributed by atoms with Gasteiger partial charge in [-0.25, -0.2) is 4.98 Å². The van der Waals surface area contributed by atoms with Crippen LogP contribution < -0.4 is 10.6 Å². The van der Waals surface area contributed by atoms with Gasteiger partial charge in [-0.1, -0.05) is 0 Å². The highest BCUT2D eigenvalue weighted by Crippen LogP contribution is 2.31. The maximum atomic E-state index is 12.6. The van der Waals surface area contributed by atoms with Crippen molar-refractivity contribution in [1.82, 2.24) is 10.3 Å². The molecular weight excluding hydrogens is 287 g/mol. The summed E-state index contributed by atoms with van der Waals surface area (Å²) in [4.78, 5) is 26.5. The molecule has 2 heterocycles. The van der Waals surface area contributed by atoms with Gasteiger partial charge in [0.25, 0.3) is 0 Å². The van der Waals surface area contributed by atoms with Crippen molar-refractivity contribution in [2.75, 3.05) is 5.32 Å². The minimum atomic E-state index is -4.43.